The second-order valence-corrected chi connectivity index (χ2v) is 5.60. The molecule has 0 unspecified atom stereocenters. The van der Waals surface area contributed by atoms with Crippen LogP contribution >= 0.6 is 0 Å². The number of nitrogens with two attached hydrogens (primary N) is 1. The van der Waals surface area contributed by atoms with Gasteiger partial charge in [0, 0.05) is 12.6 Å². The first kappa shape index (κ1) is 15.5. The maximum Gasteiger partial charge on any atom is 0.407 e. The van der Waals surface area contributed by atoms with Crippen molar-refractivity contribution in [2.45, 2.75) is 45.3 Å². The van der Waals surface area contributed by atoms with E-state index in [9.17, 15) is 4.79 Å². The summed E-state index contributed by atoms with van der Waals surface area (Å²) in [4.78, 5) is 11.7. The maximum absolute atomic E-state index is 11.7. The SMILES string of the molecule is CC(C)(C)OC(=O)N[C@@H](CN)CCc1ccccc1. The highest BCUT2D eigenvalue weighted by Gasteiger charge is 2.18. The van der Waals surface area contributed by atoms with Crippen LogP contribution in [0, 0.1) is 0 Å². The minimum Gasteiger partial charge on any atom is -0.444 e. The van der Waals surface area contributed by atoms with Crippen LogP contribution in [0.4, 0.5) is 4.79 Å². The van der Waals surface area contributed by atoms with Crippen molar-refractivity contribution in [3.8, 4) is 0 Å². The Hall–Kier alpha value is -1.55. The number of benzene rings is 1. The number of carbonyl (C=O) groups excluding carboxylic acids is 1. The molecule has 0 spiro atoms. The van der Waals surface area contributed by atoms with Crippen LogP contribution in [0.1, 0.15) is 32.8 Å². The third kappa shape index (κ3) is 6.82. The summed E-state index contributed by atoms with van der Waals surface area (Å²) in [6.45, 7) is 5.93. The Morgan fingerprint density at radius 2 is 1.95 bits per heavy atom. The zero-order valence-corrected chi connectivity index (χ0v) is 12.0. The van der Waals surface area contributed by atoms with Gasteiger partial charge in [0.15, 0.2) is 0 Å². The lowest BCUT2D eigenvalue weighted by molar-refractivity contribution is 0.0503. The number of hydrogen-bond acceptors (Lipinski definition) is 3. The molecule has 1 amide bonds. The molecule has 4 heteroatoms. The number of aryl methyl sites for hydroxylation is 1. The molecule has 1 aromatic carbocycles. The van der Waals surface area contributed by atoms with Crippen LogP contribution in [0.15, 0.2) is 30.3 Å². The molecular weight excluding hydrogens is 240 g/mol. The molecule has 1 aromatic rings. The first-order chi connectivity index (χ1) is 8.90. The van der Waals surface area contributed by atoms with E-state index in [-0.39, 0.29) is 6.04 Å². The quantitative estimate of drug-likeness (QED) is 0.858. The molecule has 0 aliphatic carbocycles. The minimum absolute atomic E-state index is 0.0601. The van der Waals surface area contributed by atoms with E-state index < -0.39 is 11.7 Å². The topological polar surface area (TPSA) is 64.3 Å². The molecule has 106 valence electrons. The number of alkyl carbamates (subject to hydrolysis) is 1. The second kappa shape index (κ2) is 7.14. The molecular formula is C15H24N2O2. The van der Waals surface area contributed by atoms with Gasteiger partial charge in [-0.15, -0.1) is 0 Å². The van der Waals surface area contributed by atoms with Gasteiger partial charge < -0.3 is 15.8 Å². The zero-order valence-electron chi connectivity index (χ0n) is 12.0. The van der Waals surface area contributed by atoms with Crippen molar-refractivity contribution >= 4 is 6.09 Å². The van der Waals surface area contributed by atoms with Crippen LogP contribution in [-0.2, 0) is 11.2 Å². The van der Waals surface area contributed by atoms with Crippen LogP contribution in [0.5, 0.6) is 0 Å². The fourth-order valence-electron chi connectivity index (χ4n) is 1.71. The largest absolute Gasteiger partial charge is 0.444 e. The van der Waals surface area contributed by atoms with Gasteiger partial charge in [-0.3, -0.25) is 0 Å². The summed E-state index contributed by atoms with van der Waals surface area (Å²) in [6, 6.07) is 10.1. The molecule has 19 heavy (non-hydrogen) atoms. The molecule has 0 aromatic heterocycles. The van der Waals surface area contributed by atoms with Gasteiger partial charge in [-0.1, -0.05) is 30.3 Å². The average Bonchev–Trinajstić information content (AvgIpc) is 2.33. The average molecular weight is 264 g/mol. The van der Waals surface area contributed by atoms with Crippen LogP contribution in [0.25, 0.3) is 0 Å². The van der Waals surface area contributed by atoms with Crippen molar-refractivity contribution in [2.75, 3.05) is 6.54 Å². The molecule has 0 aliphatic heterocycles. The molecule has 0 bridgehead atoms. The molecule has 0 heterocycles. The van der Waals surface area contributed by atoms with Crippen LogP contribution in [0.2, 0.25) is 0 Å². The van der Waals surface area contributed by atoms with E-state index in [4.69, 9.17) is 10.5 Å². The van der Waals surface area contributed by atoms with Crippen molar-refractivity contribution in [1.29, 1.82) is 0 Å². The number of amides is 1. The third-order valence-electron chi connectivity index (χ3n) is 2.63. The minimum atomic E-state index is -0.483. The van der Waals surface area contributed by atoms with Gasteiger partial charge in [0.2, 0.25) is 0 Å². The lowest BCUT2D eigenvalue weighted by atomic mass is 10.1. The summed E-state index contributed by atoms with van der Waals surface area (Å²) >= 11 is 0. The smallest absolute Gasteiger partial charge is 0.407 e. The lowest BCUT2D eigenvalue weighted by Gasteiger charge is -2.23. The van der Waals surface area contributed by atoms with Crippen LogP contribution in [0.3, 0.4) is 0 Å². The summed E-state index contributed by atoms with van der Waals surface area (Å²) in [5, 5.41) is 2.81. The zero-order chi connectivity index (χ0) is 14.3. The van der Waals surface area contributed by atoms with Gasteiger partial charge in [-0.25, -0.2) is 4.79 Å². The van der Waals surface area contributed by atoms with E-state index in [1.165, 1.54) is 5.56 Å². The van der Waals surface area contributed by atoms with Gasteiger partial charge in [-0.05, 0) is 39.2 Å². The standard InChI is InChI=1S/C15H24N2O2/c1-15(2,3)19-14(18)17-13(11-16)10-9-12-7-5-4-6-8-12/h4-8,13H,9-11,16H2,1-3H3,(H,17,18)/t13-/m1/s1. The lowest BCUT2D eigenvalue weighted by Crippen LogP contribution is -2.43. The van der Waals surface area contributed by atoms with E-state index in [1.807, 2.05) is 39.0 Å². The van der Waals surface area contributed by atoms with E-state index in [1.54, 1.807) is 0 Å². The Kier molecular flexibility index (Phi) is 5.83. The Morgan fingerprint density at radius 1 is 1.32 bits per heavy atom. The third-order valence-corrected chi connectivity index (χ3v) is 2.63. The second-order valence-electron chi connectivity index (χ2n) is 5.60. The summed E-state index contributed by atoms with van der Waals surface area (Å²) in [5.41, 5.74) is 6.44. The maximum atomic E-state index is 11.7. The molecule has 0 aliphatic rings. The Labute approximate surface area is 115 Å². The monoisotopic (exact) mass is 264 g/mol. The van der Waals surface area contributed by atoms with Gasteiger partial charge in [0.25, 0.3) is 0 Å². The van der Waals surface area contributed by atoms with Crippen molar-refractivity contribution < 1.29 is 9.53 Å². The summed E-state index contributed by atoms with van der Waals surface area (Å²) in [6.07, 6.45) is 1.29. The van der Waals surface area contributed by atoms with Crippen molar-refractivity contribution in [2.24, 2.45) is 5.73 Å². The number of carbonyl (C=O) groups is 1. The Morgan fingerprint density at radius 3 is 2.47 bits per heavy atom. The van der Waals surface area contributed by atoms with Gasteiger partial charge in [0.05, 0.1) is 0 Å². The number of rotatable bonds is 5. The molecule has 1 atom stereocenters. The highest BCUT2D eigenvalue weighted by Crippen LogP contribution is 2.08. The predicted molar refractivity (Wildman–Crippen MR) is 77.0 cm³/mol. The predicted octanol–water partition coefficient (Wildman–Crippen LogP) is 2.47. The molecule has 4 nitrogen and oxygen atoms in total. The molecule has 3 N–H and O–H groups in total. The van der Waals surface area contributed by atoms with Gasteiger partial charge in [0.1, 0.15) is 5.60 Å². The van der Waals surface area contributed by atoms with Crippen molar-refractivity contribution in [1.82, 2.24) is 5.32 Å². The number of nitrogens with one attached hydrogen (secondary N) is 1. The highest BCUT2D eigenvalue weighted by atomic mass is 16.6. The fourth-order valence-corrected chi connectivity index (χ4v) is 1.71. The van der Waals surface area contributed by atoms with E-state index in [2.05, 4.69) is 17.4 Å². The molecule has 0 saturated heterocycles. The van der Waals surface area contributed by atoms with E-state index >= 15 is 0 Å². The van der Waals surface area contributed by atoms with Crippen LogP contribution in [-0.4, -0.2) is 24.3 Å². The first-order valence-electron chi connectivity index (χ1n) is 6.64. The number of hydrogen-bond donors (Lipinski definition) is 2. The van der Waals surface area contributed by atoms with Crippen molar-refractivity contribution in [3.05, 3.63) is 35.9 Å². The van der Waals surface area contributed by atoms with Crippen molar-refractivity contribution in [3.63, 3.8) is 0 Å². The van der Waals surface area contributed by atoms with E-state index in [0.717, 1.165) is 12.8 Å². The van der Waals surface area contributed by atoms with E-state index in [0.29, 0.717) is 6.54 Å². The normalized spacial score (nSPS) is 12.8. The molecule has 0 saturated carbocycles. The highest BCUT2D eigenvalue weighted by molar-refractivity contribution is 5.68. The summed E-state index contributed by atoms with van der Waals surface area (Å²) in [7, 11) is 0. The Balaban J connectivity index is 2.39. The van der Waals surface area contributed by atoms with Gasteiger partial charge >= 0.3 is 6.09 Å². The Bertz CT molecular complexity index is 385. The molecule has 0 fully saturated rings. The summed E-state index contributed by atoms with van der Waals surface area (Å²) in [5.74, 6) is 0. The van der Waals surface area contributed by atoms with Crippen LogP contribution < -0.4 is 11.1 Å². The molecule has 0 radical (unpaired) electrons. The number of ether oxygens (including phenoxy) is 1. The molecule has 1 rings (SSSR count). The summed E-state index contributed by atoms with van der Waals surface area (Å²) < 4.78 is 5.22. The fraction of sp³-hybridized carbons (Fsp3) is 0.533. The first-order valence-corrected chi connectivity index (χ1v) is 6.64. The van der Waals surface area contributed by atoms with Gasteiger partial charge in [-0.2, -0.15) is 0 Å².